The van der Waals surface area contributed by atoms with Gasteiger partial charge in [-0.1, -0.05) is 30.3 Å². The summed E-state index contributed by atoms with van der Waals surface area (Å²) in [5.74, 6) is -1.31. The fourth-order valence-corrected chi connectivity index (χ4v) is 1.70. The maximum absolute atomic E-state index is 11.9. The molecule has 1 amide bonds. The minimum atomic E-state index is -1.00. The third-order valence-electron chi connectivity index (χ3n) is 2.86. The van der Waals surface area contributed by atoms with E-state index in [1.165, 1.54) is 6.92 Å². The first kappa shape index (κ1) is 16.4. The van der Waals surface area contributed by atoms with E-state index < -0.39 is 29.5 Å². The number of carbonyl (C=O) groups excluding carboxylic acids is 3. The van der Waals surface area contributed by atoms with Crippen LogP contribution >= 0.6 is 0 Å². The van der Waals surface area contributed by atoms with Gasteiger partial charge in [0.2, 0.25) is 12.2 Å². The molecule has 0 heterocycles. The van der Waals surface area contributed by atoms with Crippen LogP contribution in [0.5, 0.6) is 0 Å². The van der Waals surface area contributed by atoms with Crippen molar-refractivity contribution in [1.82, 2.24) is 5.32 Å². The Hall–Kier alpha value is -2.63. The lowest BCUT2D eigenvalue weighted by Gasteiger charge is -2.15. The molecule has 0 aliphatic rings. The summed E-state index contributed by atoms with van der Waals surface area (Å²) >= 11 is 0. The Bertz CT molecular complexity index is 579. The highest BCUT2D eigenvalue weighted by molar-refractivity contribution is 6.59. The molecule has 7 nitrogen and oxygen atoms in total. The normalized spacial score (nSPS) is 12.7. The largest absolute Gasteiger partial charge is 0.399 e. The summed E-state index contributed by atoms with van der Waals surface area (Å²) in [6.45, 7) is 1.38. The van der Waals surface area contributed by atoms with Gasteiger partial charge in [-0.05, 0) is 18.9 Å². The molecule has 0 aromatic heterocycles. The van der Waals surface area contributed by atoms with Crippen LogP contribution < -0.4 is 11.1 Å². The molecule has 1 rings (SSSR count). The number of nitrogens with one attached hydrogen (secondary N) is 1. The van der Waals surface area contributed by atoms with E-state index in [0.717, 1.165) is 5.56 Å². The predicted molar refractivity (Wildman–Crippen MR) is 75.4 cm³/mol. The van der Waals surface area contributed by atoms with E-state index in [1.807, 2.05) is 30.3 Å². The average Bonchev–Trinajstić information content (AvgIpc) is 2.49. The third-order valence-corrected chi connectivity index (χ3v) is 2.86. The number of ketones is 1. The first-order chi connectivity index (χ1) is 9.99. The SMILES string of the molecule is C[C@H](NC(=O)C(N)Cc1ccccc1)C(=O)C(C=O)=[N+]=[N-]. The summed E-state index contributed by atoms with van der Waals surface area (Å²) in [5, 5.41) is 2.38. The highest BCUT2D eigenvalue weighted by Crippen LogP contribution is 2.02. The molecular formula is C14H16N4O3. The summed E-state index contributed by atoms with van der Waals surface area (Å²) in [6, 6.07) is 7.37. The van der Waals surface area contributed by atoms with E-state index in [0.29, 0.717) is 6.42 Å². The quantitative estimate of drug-likeness (QED) is 0.230. The average molecular weight is 288 g/mol. The van der Waals surface area contributed by atoms with E-state index in [9.17, 15) is 14.4 Å². The Morgan fingerprint density at radius 1 is 1.38 bits per heavy atom. The van der Waals surface area contributed by atoms with Gasteiger partial charge < -0.3 is 16.6 Å². The Balaban J connectivity index is 2.62. The fraction of sp³-hybridized carbons (Fsp3) is 0.286. The Labute approximate surface area is 121 Å². The first-order valence-corrected chi connectivity index (χ1v) is 6.31. The van der Waals surface area contributed by atoms with Crippen LogP contribution in [0.4, 0.5) is 0 Å². The van der Waals surface area contributed by atoms with Gasteiger partial charge in [-0.15, -0.1) is 0 Å². The highest BCUT2D eigenvalue weighted by Gasteiger charge is 2.28. The van der Waals surface area contributed by atoms with Crippen molar-refractivity contribution >= 4 is 23.7 Å². The molecule has 110 valence electrons. The second-order valence-electron chi connectivity index (χ2n) is 4.49. The Morgan fingerprint density at radius 2 is 2.00 bits per heavy atom. The molecule has 0 saturated heterocycles. The molecule has 0 fully saturated rings. The van der Waals surface area contributed by atoms with Gasteiger partial charge in [-0.2, -0.15) is 4.79 Å². The number of Topliss-reactive ketones (excluding diaryl/α,β-unsaturated/α-hetero) is 1. The van der Waals surface area contributed by atoms with Crippen LogP contribution in [-0.4, -0.2) is 40.6 Å². The van der Waals surface area contributed by atoms with E-state index in [4.69, 9.17) is 11.3 Å². The van der Waals surface area contributed by atoms with Gasteiger partial charge in [0, 0.05) is 0 Å². The molecule has 0 bridgehead atoms. The second kappa shape index (κ2) is 7.84. The molecule has 1 unspecified atom stereocenters. The molecule has 1 aromatic carbocycles. The number of aldehydes is 1. The van der Waals surface area contributed by atoms with Gasteiger partial charge in [0.05, 0.1) is 12.1 Å². The molecule has 0 spiro atoms. The van der Waals surface area contributed by atoms with Crippen LogP contribution in [0.25, 0.3) is 5.53 Å². The number of carbonyl (C=O) groups is 3. The lowest BCUT2D eigenvalue weighted by molar-refractivity contribution is -0.128. The minimum absolute atomic E-state index is 0.120. The summed E-state index contributed by atoms with van der Waals surface area (Å²) in [5.41, 5.74) is 14.5. The number of nitrogens with two attached hydrogens (primary N) is 1. The first-order valence-electron chi connectivity index (χ1n) is 6.31. The number of benzene rings is 1. The van der Waals surface area contributed by atoms with E-state index in [-0.39, 0.29) is 6.29 Å². The van der Waals surface area contributed by atoms with Crippen molar-refractivity contribution < 1.29 is 19.2 Å². The van der Waals surface area contributed by atoms with Crippen LogP contribution in [-0.2, 0) is 20.8 Å². The van der Waals surface area contributed by atoms with Gasteiger partial charge >= 0.3 is 5.71 Å². The fourth-order valence-electron chi connectivity index (χ4n) is 1.70. The van der Waals surface area contributed by atoms with Gasteiger partial charge in [0.25, 0.3) is 5.78 Å². The molecule has 0 saturated carbocycles. The molecule has 1 aromatic rings. The molecule has 0 aliphatic heterocycles. The van der Waals surface area contributed by atoms with Crippen LogP contribution in [0.2, 0.25) is 0 Å². The number of hydrogen-bond acceptors (Lipinski definition) is 4. The summed E-state index contributed by atoms with van der Waals surface area (Å²) < 4.78 is 0. The number of amides is 1. The minimum Gasteiger partial charge on any atom is -0.360 e. The molecule has 2 atom stereocenters. The standard InChI is InChI=1S/C14H16N4O3/c1-9(13(20)12(8-19)18-16)17-14(21)11(15)7-10-5-3-2-4-6-10/h2-6,8-9,11H,7,15H2,1H3,(H,17,21)/t9-,11?/m0/s1. The number of hydrogen-bond donors (Lipinski definition) is 2. The van der Waals surface area contributed by atoms with Crippen molar-refractivity contribution in [2.24, 2.45) is 5.73 Å². The van der Waals surface area contributed by atoms with Crippen LogP contribution in [0.15, 0.2) is 30.3 Å². The van der Waals surface area contributed by atoms with Crippen molar-refractivity contribution in [3.63, 3.8) is 0 Å². The van der Waals surface area contributed by atoms with Crippen molar-refractivity contribution in [3.8, 4) is 0 Å². The monoisotopic (exact) mass is 288 g/mol. The maximum atomic E-state index is 11.9. The topological polar surface area (TPSA) is 126 Å². The van der Waals surface area contributed by atoms with Gasteiger partial charge in [-0.3, -0.25) is 14.4 Å². The van der Waals surface area contributed by atoms with Gasteiger partial charge in [0.1, 0.15) is 0 Å². The molecular weight excluding hydrogens is 272 g/mol. The maximum Gasteiger partial charge on any atom is 0.399 e. The smallest absolute Gasteiger partial charge is 0.360 e. The van der Waals surface area contributed by atoms with Crippen LogP contribution in [0.3, 0.4) is 0 Å². The third kappa shape index (κ3) is 4.76. The molecule has 0 radical (unpaired) electrons. The zero-order valence-electron chi connectivity index (χ0n) is 11.5. The van der Waals surface area contributed by atoms with E-state index >= 15 is 0 Å². The number of nitrogens with zero attached hydrogens (tertiary/aromatic N) is 2. The molecule has 3 N–H and O–H groups in total. The second-order valence-corrected chi connectivity index (χ2v) is 4.49. The summed E-state index contributed by atoms with van der Waals surface area (Å²) in [7, 11) is 0. The Kier molecular flexibility index (Phi) is 6.13. The number of rotatable bonds is 7. The molecule has 21 heavy (non-hydrogen) atoms. The van der Waals surface area contributed by atoms with Crippen molar-refractivity contribution in [3.05, 3.63) is 41.4 Å². The van der Waals surface area contributed by atoms with Crippen molar-refractivity contribution in [2.45, 2.75) is 25.4 Å². The molecule has 0 aliphatic carbocycles. The van der Waals surface area contributed by atoms with E-state index in [2.05, 4.69) is 10.1 Å². The zero-order valence-corrected chi connectivity index (χ0v) is 11.5. The summed E-state index contributed by atoms with van der Waals surface area (Å²) in [4.78, 5) is 36.6. The predicted octanol–water partition coefficient (Wildman–Crippen LogP) is -0.500. The lowest BCUT2D eigenvalue weighted by atomic mass is 10.0. The Morgan fingerprint density at radius 3 is 2.52 bits per heavy atom. The lowest BCUT2D eigenvalue weighted by Crippen LogP contribution is -2.49. The van der Waals surface area contributed by atoms with Crippen molar-refractivity contribution in [1.29, 1.82) is 0 Å². The van der Waals surface area contributed by atoms with Crippen LogP contribution in [0, 0.1) is 0 Å². The van der Waals surface area contributed by atoms with Gasteiger partial charge in [-0.25, -0.2) is 0 Å². The summed E-state index contributed by atoms with van der Waals surface area (Å²) in [6.07, 6.45) is 0.442. The van der Waals surface area contributed by atoms with Crippen LogP contribution in [0.1, 0.15) is 12.5 Å². The zero-order chi connectivity index (χ0) is 15.8. The van der Waals surface area contributed by atoms with Gasteiger partial charge in [0.15, 0.2) is 0 Å². The van der Waals surface area contributed by atoms with Crippen molar-refractivity contribution in [2.75, 3.05) is 0 Å². The molecule has 7 heteroatoms. The van der Waals surface area contributed by atoms with E-state index in [1.54, 1.807) is 0 Å². The highest BCUT2D eigenvalue weighted by atomic mass is 16.2.